The minimum atomic E-state index is 1.12. The normalized spacial score (nSPS) is 11.6. The Balaban J connectivity index is 3.38. The maximum Gasteiger partial charge on any atom is -0.0288 e. The van der Waals surface area contributed by atoms with Crippen LogP contribution >= 0.6 is 0 Å². The van der Waals surface area contributed by atoms with Gasteiger partial charge >= 0.3 is 0 Å². The van der Waals surface area contributed by atoms with Crippen LogP contribution in [0.3, 0.4) is 0 Å². The van der Waals surface area contributed by atoms with E-state index >= 15 is 0 Å². The minimum Gasteiger partial charge on any atom is -0.103 e. The predicted octanol–water partition coefficient (Wildman–Crippen LogP) is 3.70. The third-order valence-corrected chi connectivity index (χ3v) is 1.52. The fourth-order valence-electron chi connectivity index (χ4n) is 0.823. The van der Waals surface area contributed by atoms with Crippen molar-refractivity contribution in [3.05, 3.63) is 24.3 Å². The molecule has 0 aromatic carbocycles. The Bertz CT molecular complexity index is 109. The first-order valence-corrected chi connectivity index (χ1v) is 4.07. The minimum absolute atomic E-state index is 1.12. The first-order chi connectivity index (χ1) is 4.81. The maximum atomic E-state index is 3.69. The second kappa shape index (κ2) is 6.60. The first-order valence-electron chi connectivity index (χ1n) is 4.07. The van der Waals surface area contributed by atoms with Crippen LogP contribution in [0.15, 0.2) is 24.3 Å². The van der Waals surface area contributed by atoms with Gasteiger partial charge in [-0.3, -0.25) is 0 Å². The molecular weight excluding hydrogens is 120 g/mol. The zero-order chi connectivity index (χ0) is 7.82. The molecule has 0 aromatic heterocycles. The molecule has 0 aromatic rings. The monoisotopic (exact) mass is 138 g/mol. The quantitative estimate of drug-likeness (QED) is 0.508. The number of rotatable bonds is 5. The van der Waals surface area contributed by atoms with Gasteiger partial charge in [0.05, 0.1) is 0 Å². The van der Waals surface area contributed by atoms with Crippen molar-refractivity contribution in [1.82, 2.24) is 0 Å². The van der Waals surface area contributed by atoms with Gasteiger partial charge in [0.15, 0.2) is 0 Å². The molecule has 0 nitrogen and oxygen atoms in total. The van der Waals surface area contributed by atoms with Crippen LogP contribution in [-0.4, -0.2) is 0 Å². The summed E-state index contributed by atoms with van der Waals surface area (Å²) in [6.07, 6.45) is 9.08. The molecule has 0 aliphatic rings. The Kier molecular flexibility index (Phi) is 6.25. The van der Waals surface area contributed by atoms with E-state index in [1.807, 2.05) is 6.08 Å². The van der Waals surface area contributed by atoms with E-state index in [-0.39, 0.29) is 0 Å². The summed E-state index contributed by atoms with van der Waals surface area (Å²) in [4.78, 5) is 0. The molecule has 0 heteroatoms. The van der Waals surface area contributed by atoms with E-state index in [0.717, 1.165) is 6.42 Å². The van der Waals surface area contributed by atoms with E-state index in [1.54, 1.807) is 0 Å². The van der Waals surface area contributed by atoms with Crippen LogP contribution in [0, 0.1) is 0 Å². The number of hydrogen-bond donors (Lipinski definition) is 0. The van der Waals surface area contributed by atoms with Gasteiger partial charge in [0, 0.05) is 0 Å². The van der Waals surface area contributed by atoms with Crippen LogP contribution in [0.5, 0.6) is 0 Å². The fourth-order valence-corrected chi connectivity index (χ4v) is 0.823. The molecule has 0 bridgehead atoms. The maximum absolute atomic E-state index is 3.69. The number of unbranched alkanes of at least 4 members (excludes halogenated alkanes) is 1. The molecule has 0 N–H and O–H groups in total. The van der Waals surface area contributed by atoms with E-state index in [9.17, 15) is 0 Å². The Hall–Kier alpha value is -0.520. The molecule has 0 saturated carbocycles. The van der Waals surface area contributed by atoms with Crippen molar-refractivity contribution in [2.45, 2.75) is 39.5 Å². The Labute approximate surface area is 64.6 Å². The zero-order valence-corrected chi connectivity index (χ0v) is 7.19. The predicted molar refractivity (Wildman–Crippen MR) is 48.1 cm³/mol. The van der Waals surface area contributed by atoms with Gasteiger partial charge in [-0.25, -0.2) is 0 Å². The van der Waals surface area contributed by atoms with Crippen LogP contribution in [0.2, 0.25) is 0 Å². The summed E-state index contributed by atoms with van der Waals surface area (Å²) < 4.78 is 0. The second-order valence-corrected chi connectivity index (χ2v) is 2.67. The Morgan fingerprint density at radius 1 is 1.40 bits per heavy atom. The molecule has 0 amide bonds. The van der Waals surface area contributed by atoms with Gasteiger partial charge in [-0.15, -0.1) is 6.58 Å². The molecule has 10 heavy (non-hydrogen) atoms. The Morgan fingerprint density at radius 3 is 2.60 bits per heavy atom. The topological polar surface area (TPSA) is 0 Å². The number of hydrogen-bond acceptors (Lipinski definition) is 0. The van der Waals surface area contributed by atoms with E-state index < -0.39 is 0 Å². The SMILES string of the molecule is C=CCC/C(C)=C/CCC. The van der Waals surface area contributed by atoms with Crippen molar-refractivity contribution in [1.29, 1.82) is 0 Å². The molecule has 0 rings (SSSR count). The largest absolute Gasteiger partial charge is 0.103 e. The first kappa shape index (κ1) is 9.48. The zero-order valence-electron chi connectivity index (χ0n) is 7.19. The lowest BCUT2D eigenvalue weighted by Gasteiger charge is -1.95. The van der Waals surface area contributed by atoms with Crippen LogP contribution in [0.1, 0.15) is 39.5 Å². The summed E-state index contributed by atoms with van der Waals surface area (Å²) >= 11 is 0. The third-order valence-electron chi connectivity index (χ3n) is 1.52. The van der Waals surface area contributed by atoms with Gasteiger partial charge in [0.1, 0.15) is 0 Å². The van der Waals surface area contributed by atoms with Crippen LogP contribution < -0.4 is 0 Å². The number of allylic oxidation sites excluding steroid dienone is 3. The Morgan fingerprint density at radius 2 is 2.10 bits per heavy atom. The standard InChI is InChI=1S/C10H18/c1-4-6-8-10(3)9-7-5-2/h4,9H,1,5-8H2,2-3H3/b10-9+. The highest BCUT2D eigenvalue weighted by Crippen LogP contribution is 2.05. The molecule has 0 saturated heterocycles. The van der Waals surface area contributed by atoms with E-state index in [1.165, 1.54) is 24.8 Å². The van der Waals surface area contributed by atoms with Gasteiger partial charge in [-0.2, -0.15) is 0 Å². The average Bonchev–Trinajstić information content (AvgIpc) is 1.97. The summed E-state index contributed by atoms with van der Waals surface area (Å²) in [5.41, 5.74) is 1.50. The van der Waals surface area contributed by atoms with Crippen LogP contribution in [0.25, 0.3) is 0 Å². The van der Waals surface area contributed by atoms with Gasteiger partial charge in [0.25, 0.3) is 0 Å². The lowest BCUT2D eigenvalue weighted by atomic mass is 10.1. The molecule has 0 aliphatic heterocycles. The molecule has 0 radical (unpaired) electrons. The molecule has 0 aliphatic carbocycles. The smallest absolute Gasteiger partial charge is 0.0288 e. The highest BCUT2D eigenvalue weighted by atomic mass is 13.9. The summed E-state index contributed by atoms with van der Waals surface area (Å²) in [5, 5.41) is 0. The van der Waals surface area contributed by atoms with Crippen molar-refractivity contribution < 1.29 is 0 Å². The summed E-state index contributed by atoms with van der Waals surface area (Å²) in [6.45, 7) is 8.08. The van der Waals surface area contributed by atoms with Crippen LogP contribution in [0.4, 0.5) is 0 Å². The van der Waals surface area contributed by atoms with Gasteiger partial charge in [-0.05, 0) is 26.2 Å². The summed E-state index contributed by atoms with van der Waals surface area (Å²) in [7, 11) is 0. The van der Waals surface area contributed by atoms with E-state index in [4.69, 9.17) is 0 Å². The molecule has 0 unspecified atom stereocenters. The highest BCUT2D eigenvalue weighted by molar-refractivity contribution is 4.98. The van der Waals surface area contributed by atoms with Crippen molar-refractivity contribution >= 4 is 0 Å². The molecule has 0 spiro atoms. The van der Waals surface area contributed by atoms with E-state index in [0.29, 0.717) is 0 Å². The van der Waals surface area contributed by atoms with Gasteiger partial charge in [-0.1, -0.05) is 31.1 Å². The molecule has 0 fully saturated rings. The molecular formula is C10H18. The van der Waals surface area contributed by atoms with Gasteiger partial charge in [0.2, 0.25) is 0 Å². The summed E-state index contributed by atoms with van der Waals surface area (Å²) in [5.74, 6) is 0. The lowest BCUT2D eigenvalue weighted by molar-refractivity contribution is 0.912. The van der Waals surface area contributed by atoms with Crippen molar-refractivity contribution in [3.8, 4) is 0 Å². The van der Waals surface area contributed by atoms with Crippen molar-refractivity contribution in [2.75, 3.05) is 0 Å². The van der Waals surface area contributed by atoms with Gasteiger partial charge < -0.3 is 0 Å². The second-order valence-electron chi connectivity index (χ2n) is 2.67. The lowest BCUT2D eigenvalue weighted by Crippen LogP contribution is -1.75. The van der Waals surface area contributed by atoms with Crippen molar-refractivity contribution in [3.63, 3.8) is 0 Å². The van der Waals surface area contributed by atoms with E-state index in [2.05, 4.69) is 26.5 Å². The average molecular weight is 138 g/mol. The highest BCUT2D eigenvalue weighted by Gasteiger charge is 1.85. The summed E-state index contributed by atoms with van der Waals surface area (Å²) in [6, 6.07) is 0. The molecule has 58 valence electrons. The fraction of sp³-hybridized carbons (Fsp3) is 0.600. The third kappa shape index (κ3) is 5.61. The van der Waals surface area contributed by atoms with Crippen LogP contribution in [-0.2, 0) is 0 Å². The van der Waals surface area contributed by atoms with Crippen molar-refractivity contribution in [2.24, 2.45) is 0 Å². The molecule has 0 heterocycles. The molecule has 0 atom stereocenters.